The molecule has 0 unspecified atom stereocenters. The summed E-state index contributed by atoms with van der Waals surface area (Å²) in [4.78, 5) is 18.3. The summed E-state index contributed by atoms with van der Waals surface area (Å²) in [6, 6.07) is 15.4. The van der Waals surface area contributed by atoms with Gasteiger partial charge in [0.1, 0.15) is 28.7 Å². The highest BCUT2D eigenvalue weighted by atomic mass is 18.2. The van der Waals surface area contributed by atoms with Crippen molar-refractivity contribution in [3.63, 3.8) is 0 Å². The first-order chi connectivity index (χ1) is 15.0. The summed E-state index contributed by atoms with van der Waals surface area (Å²) >= 11 is 0. The highest BCUT2D eigenvalue weighted by Crippen LogP contribution is 2.34. The van der Waals surface area contributed by atoms with Crippen LogP contribution in [0.25, 0.3) is 0 Å². The second kappa shape index (κ2) is 10.3. The van der Waals surface area contributed by atoms with E-state index in [0.717, 1.165) is 0 Å². The fourth-order valence-electron chi connectivity index (χ4n) is 2.96. The van der Waals surface area contributed by atoms with Crippen molar-refractivity contribution >= 4 is 11.6 Å². The van der Waals surface area contributed by atoms with E-state index >= 15 is 0 Å². The molecule has 0 aliphatic rings. The quantitative estimate of drug-likeness (QED) is 0.493. The summed E-state index contributed by atoms with van der Waals surface area (Å²) < 4.78 is 34.3. The summed E-state index contributed by atoms with van der Waals surface area (Å²) in [7, 11) is 3.11. The van der Waals surface area contributed by atoms with Gasteiger partial charge in [-0.1, -0.05) is 0 Å². The number of benzene rings is 2. The van der Waals surface area contributed by atoms with E-state index in [-0.39, 0.29) is 18.3 Å². The van der Waals surface area contributed by atoms with Crippen LogP contribution in [0.4, 0.5) is 10.1 Å². The van der Waals surface area contributed by atoms with E-state index in [2.05, 4.69) is 4.98 Å². The first-order valence-electron chi connectivity index (χ1n) is 9.46. The molecule has 1 aromatic heterocycles. The molecule has 0 saturated carbocycles. The average Bonchev–Trinajstić information content (AvgIpc) is 2.79. The maximum atomic E-state index is 12.8. The smallest absolute Gasteiger partial charge is 0.243 e. The van der Waals surface area contributed by atoms with Gasteiger partial charge in [-0.3, -0.25) is 4.79 Å². The number of rotatable bonds is 9. The molecule has 1 amide bonds. The third-order valence-electron chi connectivity index (χ3n) is 4.50. The van der Waals surface area contributed by atoms with Gasteiger partial charge in [-0.15, -0.1) is 0 Å². The van der Waals surface area contributed by atoms with Crippen molar-refractivity contribution in [2.45, 2.75) is 13.5 Å². The van der Waals surface area contributed by atoms with Crippen LogP contribution < -0.4 is 23.8 Å². The monoisotopic (exact) mass is 425 g/mol. The Hall–Kier alpha value is -3.81. The molecule has 0 aliphatic carbocycles. The number of anilines is 1. The number of methoxy groups -OCH3 is 2. The van der Waals surface area contributed by atoms with Crippen molar-refractivity contribution in [1.29, 1.82) is 0 Å². The second-order valence-corrected chi connectivity index (χ2v) is 6.44. The van der Waals surface area contributed by atoms with Crippen LogP contribution in [0.3, 0.4) is 0 Å². The molecule has 3 rings (SSSR count). The molecular formula is C23H23FN2O5. The fourth-order valence-corrected chi connectivity index (χ4v) is 2.96. The Kier molecular flexibility index (Phi) is 7.26. The van der Waals surface area contributed by atoms with Crippen LogP contribution >= 0.6 is 0 Å². The van der Waals surface area contributed by atoms with Crippen LogP contribution in [-0.2, 0) is 11.3 Å². The molecule has 7 nitrogen and oxygen atoms in total. The molecule has 0 aliphatic heterocycles. The predicted molar refractivity (Wildman–Crippen MR) is 114 cm³/mol. The van der Waals surface area contributed by atoms with E-state index < -0.39 is 6.86 Å². The van der Waals surface area contributed by atoms with Crippen molar-refractivity contribution in [3.05, 3.63) is 66.4 Å². The Bertz CT molecular complexity index is 1030. The third-order valence-corrected chi connectivity index (χ3v) is 4.50. The lowest BCUT2D eigenvalue weighted by atomic mass is 10.1. The van der Waals surface area contributed by atoms with Gasteiger partial charge in [0.15, 0.2) is 0 Å². The van der Waals surface area contributed by atoms with Gasteiger partial charge in [-0.05, 0) is 54.6 Å². The third kappa shape index (κ3) is 5.42. The molecule has 2 aromatic carbocycles. The standard InChI is InChI=1S/C23H23FN2O5/c1-16(27)26(14-17-13-20(29-3)10-11-22(17)30-15-24)21-5-4-12-25-23(21)31-19-8-6-18(28-2)7-9-19/h4-13H,14-15H2,1-3H3/i24-1. The molecule has 3 aromatic rings. The highest BCUT2D eigenvalue weighted by Gasteiger charge is 2.20. The van der Waals surface area contributed by atoms with E-state index in [0.29, 0.717) is 34.2 Å². The van der Waals surface area contributed by atoms with E-state index in [4.69, 9.17) is 18.9 Å². The second-order valence-electron chi connectivity index (χ2n) is 6.44. The number of pyridine rings is 1. The van der Waals surface area contributed by atoms with Crippen molar-refractivity contribution < 1.29 is 28.1 Å². The summed E-state index contributed by atoms with van der Waals surface area (Å²) in [6.45, 7) is 0.546. The van der Waals surface area contributed by atoms with Crippen LogP contribution in [-0.4, -0.2) is 32.0 Å². The van der Waals surface area contributed by atoms with Gasteiger partial charge in [0, 0.05) is 18.7 Å². The Labute approximate surface area is 179 Å². The SMILES string of the molecule is COc1ccc(Oc2ncccc2N(Cc2cc(OC)ccc2OC[18F])C(C)=O)cc1. The number of hydrogen-bond acceptors (Lipinski definition) is 6. The Morgan fingerprint density at radius 1 is 1.00 bits per heavy atom. The van der Waals surface area contributed by atoms with Crippen LogP contribution in [0.1, 0.15) is 12.5 Å². The van der Waals surface area contributed by atoms with Crippen LogP contribution in [0, 0.1) is 0 Å². The molecular weight excluding hydrogens is 402 g/mol. The van der Waals surface area contributed by atoms with Gasteiger partial charge in [-0.2, -0.15) is 0 Å². The average molecular weight is 425 g/mol. The van der Waals surface area contributed by atoms with Gasteiger partial charge >= 0.3 is 0 Å². The number of halogens is 1. The molecule has 0 N–H and O–H groups in total. The van der Waals surface area contributed by atoms with Gasteiger partial charge in [0.05, 0.1) is 20.8 Å². The van der Waals surface area contributed by atoms with E-state index in [9.17, 15) is 9.18 Å². The molecule has 0 spiro atoms. The molecule has 31 heavy (non-hydrogen) atoms. The van der Waals surface area contributed by atoms with Crippen molar-refractivity contribution in [2.75, 3.05) is 26.0 Å². The minimum absolute atomic E-state index is 0.104. The van der Waals surface area contributed by atoms with Crippen molar-refractivity contribution in [2.24, 2.45) is 0 Å². The largest absolute Gasteiger partial charge is 0.497 e. The zero-order valence-electron chi connectivity index (χ0n) is 17.5. The summed E-state index contributed by atoms with van der Waals surface area (Å²) in [5.74, 6) is 2.10. The molecule has 0 fully saturated rings. The Balaban J connectivity index is 1.94. The number of ether oxygens (including phenoxy) is 4. The number of alkyl halides is 1. The number of amides is 1. The number of aromatic nitrogens is 1. The topological polar surface area (TPSA) is 70.1 Å². The summed E-state index contributed by atoms with van der Waals surface area (Å²) in [5, 5.41) is 0. The molecule has 0 bridgehead atoms. The maximum Gasteiger partial charge on any atom is 0.243 e. The number of carbonyl (C=O) groups excluding carboxylic acids is 1. The molecule has 0 saturated heterocycles. The Morgan fingerprint density at radius 2 is 1.68 bits per heavy atom. The lowest BCUT2D eigenvalue weighted by Crippen LogP contribution is -2.28. The van der Waals surface area contributed by atoms with Crippen LogP contribution in [0.5, 0.6) is 28.9 Å². The van der Waals surface area contributed by atoms with Gasteiger partial charge < -0.3 is 23.8 Å². The highest BCUT2D eigenvalue weighted by molar-refractivity contribution is 5.92. The summed E-state index contributed by atoms with van der Waals surface area (Å²) in [5.41, 5.74) is 1.03. The molecule has 1 heterocycles. The van der Waals surface area contributed by atoms with Crippen molar-refractivity contribution in [3.8, 4) is 28.9 Å². The first-order valence-corrected chi connectivity index (χ1v) is 9.46. The molecule has 8 heteroatoms. The lowest BCUT2D eigenvalue weighted by Gasteiger charge is -2.24. The van der Waals surface area contributed by atoms with Gasteiger partial charge in [0.2, 0.25) is 18.6 Å². The predicted octanol–water partition coefficient (Wildman–Crippen LogP) is 4.75. The van der Waals surface area contributed by atoms with Crippen LogP contribution in [0.2, 0.25) is 0 Å². The zero-order chi connectivity index (χ0) is 22.2. The van der Waals surface area contributed by atoms with E-state index in [1.165, 1.54) is 18.9 Å². The van der Waals surface area contributed by atoms with Crippen LogP contribution in [0.15, 0.2) is 60.8 Å². The number of carbonyl (C=O) groups is 1. The number of nitrogens with zero attached hydrogens (tertiary/aromatic N) is 2. The van der Waals surface area contributed by atoms with Crippen molar-refractivity contribution in [1.82, 2.24) is 4.98 Å². The summed E-state index contributed by atoms with van der Waals surface area (Å²) in [6.07, 6.45) is 1.57. The van der Waals surface area contributed by atoms with E-state index in [1.54, 1.807) is 67.9 Å². The zero-order valence-corrected chi connectivity index (χ0v) is 17.5. The maximum absolute atomic E-state index is 12.8. The Morgan fingerprint density at radius 3 is 2.32 bits per heavy atom. The molecule has 0 atom stereocenters. The van der Waals surface area contributed by atoms with E-state index in [1.807, 2.05) is 0 Å². The molecule has 162 valence electrons. The lowest BCUT2D eigenvalue weighted by molar-refractivity contribution is -0.116. The minimum Gasteiger partial charge on any atom is -0.497 e. The van der Waals surface area contributed by atoms with Gasteiger partial charge in [-0.25, -0.2) is 9.37 Å². The first kappa shape index (κ1) is 21.9. The normalized spacial score (nSPS) is 10.3. The minimum atomic E-state index is -0.988. The fraction of sp³-hybridized carbons (Fsp3) is 0.217. The van der Waals surface area contributed by atoms with Gasteiger partial charge in [0.25, 0.3) is 0 Å². The molecule has 0 radical (unpaired) electrons. The number of hydrogen-bond donors (Lipinski definition) is 0.